The first-order valence-corrected chi connectivity index (χ1v) is 10.6. The zero-order valence-electron chi connectivity index (χ0n) is 17.5. The van der Waals surface area contributed by atoms with Gasteiger partial charge < -0.3 is 14.3 Å². The largest absolute Gasteiger partial charge is 0.468 e. The summed E-state index contributed by atoms with van der Waals surface area (Å²) in [5, 5.41) is 2.79. The van der Waals surface area contributed by atoms with Crippen LogP contribution >= 0.6 is 0 Å². The van der Waals surface area contributed by atoms with Crippen molar-refractivity contribution < 1.29 is 9.21 Å². The zero-order valence-corrected chi connectivity index (χ0v) is 17.5. The highest BCUT2D eigenvalue weighted by Gasteiger charge is 2.35. The molecule has 2 aliphatic heterocycles. The highest BCUT2D eigenvalue weighted by Crippen LogP contribution is 2.35. The molecule has 0 saturated carbocycles. The first kappa shape index (κ1) is 19.7. The number of aromatic nitrogens is 3. The van der Waals surface area contributed by atoms with Crippen LogP contribution in [0.4, 0.5) is 0 Å². The average Bonchev–Trinajstić information content (AvgIpc) is 3.27. The molecule has 0 radical (unpaired) electrons. The van der Waals surface area contributed by atoms with E-state index in [0.29, 0.717) is 18.2 Å². The third kappa shape index (κ3) is 4.03. The van der Waals surface area contributed by atoms with Gasteiger partial charge in [0.2, 0.25) is 0 Å². The highest BCUT2D eigenvalue weighted by molar-refractivity contribution is 5.93. The Morgan fingerprint density at radius 1 is 1.19 bits per heavy atom. The van der Waals surface area contributed by atoms with E-state index in [0.717, 1.165) is 43.2 Å². The van der Waals surface area contributed by atoms with Crippen molar-refractivity contribution in [2.75, 3.05) is 13.1 Å². The van der Waals surface area contributed by atoms with E-state index >= 15 is 0 Å². The number of carbonyl (C=O) groups is 1. The zero-order chi connectivity index (χ0) is 21.4. The van der Waals surface area contributed by atoms with Gasteiger partial charge in [0.15, 0.2) is 0 Å². The van der Waals surface area contributed by atoms with Gasteiger partial charge in [-0.25, -0.2) is 0 Å². The maximum absolute atomic E-state index is 13.1. The molecule has 0 unspecified atom stereocenters. The van der Waals surface area contributed by atoms with E-state index in [4.69, 9.17) is 4.42 Å². The maximum Gasteiger partial charge on any atom is 0.263 e. The van der Waals surface area contributed by atoms with Crippen LogP contribution in [0.2, 0.25) is 0 Å². The number of nitrogens with zero attached hydrogens (tertiary/aromatic N) is 4. The summed E-state index contributed by atoms with van der Waals surface area (Å²) in [6, 6.07) is 7.51. The summed E-state index contributed by atoms with van der Waals surface area (Å²) < 4.78 is 7.31. The van der Waals surface area contributed by atoms with Crippen molar-refractivity contribution in [3.8, 4) is 0 Å². The van der Waals surface area contributed by atoms with Gasteiger partial charge in [-0.05, 0) is 43.5 Å². The van der Waals surface area contributed by atoms with Gasteiger partial charge in [-0.2, -0.15) is 0 Å². The molecular weight excluding hydrogens is 394 g/mol. The Morgan fingerprint density at radius 3 is 2.87 bits per heavy atom. The molecule has 3 aromatic rings. The summed E-state index contributed by atoms with van der Waals surface area (Å²) in [6.07, 6.45) is 6.06. The first-order chi connectivity index (χ1) is 15.1. The summed E-state index contributed by atoms with van der Waals surface area (Å²) in [7, 11) is 0. The molecule has 1 saturated heterocycles. The molecule has 2 bridgehead atoms. The van der Waals surface area contributed by atoms with E-state index < -0.39 is 0 Å². The molecule has 2 aliphatic rings. The number of piperidine rings is 1. The van der Waals surface area contributed by atoms with Gasteiger partial charge in [-0.15, -0.1) is 0 Å². The van der Waals surface area contributed by atoms with Crippen molar-refractivity contribution in [1.29, 1.82) is 0 Å². The SMILES string of the molecule is Cc1cnc(CNC(=O)c2ccc3n(c2=O)C[C@H]2C[C@@H]3CN(Cc3ccco3)C2)cn1. The predicted molar refractivity (Wildman–Crippen MR) is 113 cm³/mol. The molecule has 1 N–H and O–H groups in total. The normalized spacial score (nSPS) is 20.3. The number of hydrogen-bond donors (Lipinski definition) is 1. The van der Waals surface area contributed by atoms with Crippen LogP contribution in [-0.4, -0.2) is 38.4 Å². The second kappa shape index (κ2) is 8.11. The second-order valence-corrected chi connectivity index (χ2v) is 8.49. The predicted octanol–water partition coefficient (Wildman–Crippen LogP) is 2.09. The fraction of sp³-hybridized carbons (Fsp3) is 0.391. The Hall–Kier alpha value is -3.26. The number of likely N-dealkylation sites (tertiary alicyclic amines) is 1. The number of nitrogens with one attached hydrogen (secondary N) is 1. The van der Waals surface area contributed by atoms with Crippen molar-refractivity contribution in [2.24, 2.45) is 5.92 Å². The minimum Gasteiger partial charge on any atom is -0.468 e. The Morgan fingerprint density at radius 2 is 2.10 bits per heavy atom. The summed E-state index contributed by atoms with van der Waals surface area (Å²) in [5.74, 6) is 1.26. The lowest BCUT2D eigenvalue weighted by Crippen LogP contribution is -2.47. The molecule has 5 rings (SSSR count). The van der Waals surface area contributed by atoms with Crippen LogP contribution in [0, 0.1) is 12.8 Å². The van der Waals surface area contributed by atoms with Crippen LogP contribution in [-0.2, 0) is 19.6 Å². The molecule has 1 fully saturated rings. The smallest absolute Gasteiger partial charge is 0.263 e. The number of furan rings is 1. The monoisotopic (exact) mass is 419 g/mol. The van der Waals surface area contributed by atoms with Crippen molar-refractivity contribution in [2.45, 2.75) is 38.9 Å². The minimum absolute atomic E-state index is 0.177. The molecule has 8 heteroatoms. The molecular formula is C23H25N5O3. The van der Waals surface area contributed by atoms with Gasteiger partial charge in [0.1, 0.15) is 11.3 Å². The molecule has 160 valence electrons. The Kier molecular flexibility index (Phi) is 5.15. The molecule has 8 nitrogen and oxygen atoms in total. The van der Waals surface area contributed by atoms with Gasteiger partial charge in [-0.3, -0.25) is 24.5 Å². The molecule has 2 atom stereocenters. The molecule has 0 aromatic carbocycles. The fourth-order valence-electron chi connectivity index (χ4n) is 4.75. The third-order valence-corrected chi connectivity index (χ3v) is 6.15. The molecule has 0 spiro atoms. The number of aryl methyl sites for hydroxylation is 1. The Bertz CT molecular complexity index is 1140. The molecule has 5 heterocycles. The van der Waals surface area contributed by atoms with Crippen LogP contribution in [0.25, 0.3) is 0 Å². The van der Waals surface area contributed by atoms with Gasteiger partial charge in [0.05, 0.1) is 36.9 Å². The van der Waals surface area contributed by atoms with Crippen LogP contribution in [0.1, 0.15) is 45.5 Å². The van der Waals surface area contributed by atoms with E-state index in [1.165, 1.54) is 0 Å². The lowest BCUT2D eigenvalue weighted by molar-refractivity contribution is 0.0941. The Labute approximate surface area is 179 Å². The van der Waals surface area contributed by atoms with E-state index in [1.54, 1.807) is 24.7 Å². The number of amides is 1. The number of rotatable bonds is 5. The Balaban J connectivity index is 1.31. The van der Waals surface area contributed by atoms with Crippen LogP contribution in [0.15, 0.2) is 52.1 Å². The standard InChI is InChI=1S/C23H25N5O3/c1-15-8-25-18(9-24-15)10-26-22(29)20-4-5-21-17-7-16(12-28(21)23(20)30)11-27(13-17)14-19-3-2-6-31-19/h2-6,8-9,16-17H,7,10-14H2,1H3,(H,26,29)/t16-,17+/m0/s1. The first-order valence-electron chi connectivity index (χ1n) is 10.6. The van der Waals surface area contributed by atoms with Gasteiger partial charge in [0, 0.05) is 37.4 Å². The fourth-order valence-corrected chi connectivity index (χ4v) is 4.75. The highest BCUT2D eigenvalue weighted by atomic mass is 16.3. The molecule has 1 amide bonds. The van der Waals surface area contributed by atoms with E-state index in [2.05, 4.69) is 20.2 Å². The molecule has 3 aromatic heterocycles. The van der Waals surface area contributed by atoms with Gasteiger partial charge in [0.25, 0.3) is 11.5 Å². The number of carbonyl (C=O) groups excluding carboxylic acids is 1. The lowest BCUT2D eigenvalue weighted by Gasteiger charge is -2.42. The summed E-state index contributed by atoms with van der Waals surface area (Å²) >= 11 is 0. The second-order valence-electron chi connectivity index (χ2n) is 8.49. The third-order valence-electron chi connectivity index (χ3n) is 6.15. The average molecular weight is 419 g/mol. The summed E-state index contributed by atoms with van der Waals surface area (Å²) in [5.41, 5.74) is 2.46. The number of fused-ring (bicyclic) bond motifs is 4. The van der Waals surface area contributed by atoms with Gasteiger partial charge >= 0.3 is 0 Å². The van der Waals surface area contributed by atoms with Gasteiger partial charge in [-0.1, -0.05) is 0 Å². The summed E-state index contributed by atoms with van der Waals surface area (Å²) in [4.78, 5) is 36.6. The lowest BCUT2D eigenvalue weighted by atomic mass is 9.83. The minimum atomic E-state index is -0.377. The van der Waals surface area contributed by atoms with Crippen molar-refractivity contribution in [1.82, 2.24) is 24.8 Å². The van der Waals surface area contributed by atoms with E-state index in [9.17, 15) is 9.59 Å². The molecule has 0 aliphatic carbocycles. The van der Waals surface area contributed by atoms with E-state index in [1.807, 2.05) is 29.7 Å². The van der Waals surface area contributed by atoms with E-state index in [-0.39, 0.29) is 29.5 Å². The maximum atomic E-state index is 13.1. The summed E-state index contributed by atoms with van der Waals surface area (Å²) in [6.45, 7) is 5.33. The van der Waals surface area contributed by atoms with Crippen molar-refractivity contribution in [3.63, 3.8) is 0 Å². The topological polar surface area (TPSA) is 93.3 Å². The van der Waals surface area contributed by atoms with Crippen molar-refractivity contribution >= 4 is 5.91 Å². The van der Waals surface area contributed by atoms with Crippen LogP contribution in [0.5, 0.6) is 0 Å². The number of hydrogen-bond acceptors (Lipinski definition) is 6. The quantitative estimate of drug-likeness (QED) is 0.681. The van der Waals surface area contributed by atoms with Crippen LogP contribution in [0.3, 0.4) is 0 Å². The number of pyridine rings is 1. The van der Waals surface area contributed by atoms with Crippen molar-refractivity contribution in [3.05, 3.63) is 81.7 Å². The molecule has 31 heavy (non-hydrogen) atoms. The van der Waals surface area contributed by atoms with Crippen LogP contribution < -0.4 is 10.9 Å².